The lowest BCUT2D eigenvalue weighted by Crippen LogP contribution is -2.35. The fourth-order valence-electron chi connectivity index (χ4n) is 0.675. The molecule has 6 heteroatoms. The van der Waals surface area contributed by atoms with E-state index in [1.165, 1.54) is 6.26 Å². The van der Waals surface area contributed by atoms with E-state index in [9.17, 15) is 4.79 Å². The van der Waals surface area contributed by atoms with Crippen molar-refractivity contribution in [3.63, 3.8) is 0 Å². The summed E-state index contributed by atoms with van der Waals surface area (Å²) in [6.07, 6.45) is 1.51. The number of amides is 1. The van der Waals surface area contributed by atoms with Crippen molar-refractivity contribution in [3.05, 3.63) is 18.0 Å². The Morgan fingerprint density at radius 3 is 3.08 bits per heavy atom. The van der Waals surface area contributed by atoms with Crippen molar-refractivity contribution in [2.24, 2.45) is 5.73 Å². The summed E-state index contributed by atoms with van der Waals surface area (Å²) in [5.41, 5.74) is 5.62. The molecule has 0 aliphatic rings. The summed E-state index contributed by atoms with van der Waals surface area (Å²) in [6.45, 7) is 0. The molecule has 0 saturated carbocycles. The summed E-state index contributed by atoms with van der Waals surface area (Å²) >= 11 is 4.47. The number of nitrogens with two attached hydrogens (primary N) is 1. The van der Waals surface area contributed by atoms with Crippen molar-refractivity contribution in [3.8, 4) is 0 Å². The third-order valence-electron chi connectivity index (χ3n) is 1.10. The predicted molar refractivity (Wildman–Crippen MR) is 45.1 cm³/mol. The highest BCUT2D eigenvalue weighted by Crippen LogP contribution is 1.94. The third-order valence-corrected chi connectivity index (χ3v) is 1.20. The molecule has 0 saturated heterocycles. The first-order valence-electron chi connectivity index (χ1n) is 3.17. The van der Waals surface area contributed by atoms with E-state index in [1.807, 2.05) is 0 Å². The van der Waals surface area contributed by atoms with Crippen LogP contribution in [0.15, 0.2) is 16.9 Å². The fraction of sp³-hybridized carbons (Fsp3) is 0.167. The molecule has 5 nitrogen and oxygen atoms in total. The first-order valence-corrected chi connectivity index (χ1v) is 3.58. The lowest BCUT2D eigenvalue weighted by atomic mass is 10.3. The molecular formula is C6H7N3O2S. The van der Waals surface area contributed by atoms with Gasteiger partial charge in [-0.2, -0.15) is 0 Å². The zero-order valence-electron chi connectivity index (χ0n) is 6.11. The minimum atomic E-state index is -0.295. The molecule has 1 aromatic rings. The second-order valence-corrected chi connectivity index (χ2v) is 2.52. The molecule has 1 heterocycles. The van der Waals surface area contributed by atoms with E-state index in [-0.39, 0.29) is 17.4 Å². The van der Waals surface area contributed by atoms with Gasteiger partial charge in [-0.25, -0.2) is 0 Å². The molecule has 1 amide bonds. The molecular weight excluding hydrogens is 178 g/mol. The monoisotopic (exact) mass is 185 g/mol. The van der Waals surface area contributed by atoms with Crippen LogP contribution in [0.4, 0.5) is 0 Å². The standard InChI is InChI=1S/C6H7N3O2S/c7-6(12)8-5(10)3-4-1-2-11-9-4/h1-2H,3H2,(H3,7,8,10,12). The van der Waals surface area contributed by atoms with Gasteiger partial charge >= 0.3 is 0 Å². The van der Waals surface area contributed by atoms with Crippen molar-refractivity contribution in [2.45, 2.75) is 6.42 Å². The fourth-order valence-corrected chi connectivity index (χ4v) is 0.789. The minimum Gasteiger partial charge on any atom is -0.376 e. The van der Waals surface area contributed by atoms with Gasteiger partial charge in [0, 0.05) is 6.07 Å². The SMILES string of the molecule is NC(=S)NC(=O)Cc1ccon1. The number of nitrogens with one attached hydrogen (secondary N) is 1. The number of hydrogen-bond donors (Lipinski definition) is 2. The van der Waals surface area contributed by atoms with E-state index in [2.05, 4.69) is 27.2 Å². The quantitative estimate of drug-likeness (QED) is 0.611. The second-order valence-electron chi connectivity index (χ2n) is 2.08. The molecule has 0 atom stereocenters. The summed E-state index contributed by atoms with van der Waals surface area (Å²) in [7, 11) is 0. The number of hydrogen-bond acceptors (Lipinski definition) is 4. The Balaban J connectivity index is 2.42. The maximum atomic E-state index is 11.0. The van der Waals surface area contributed by atoms with Gasteiger partial charge in [0.05, 0.1) is 12.1 Å². The maximum absolute atomic E-state index is 11.0. The van der Waals surface area contributed by atoms with Crippen molar-refractivity contribution < 1.29 is 9.32 Å². The van der Waals surface area contributed by atoms with Crippen LogP contribution in [0, 0.1) is 0 Å². The molecule has 1 aromatic heterocycles. The van der Waals surface area contributed by atoms with Gasteiger partial charge in [0.25, 0.3) is 0 Å². The first-order chi connectivity index (χ1) is 5.68. The highest BCUT2D eigenvalue weighted by molar-refractivity contribution is 7.80. The molecule has 0 fully saturated rings. The van der Waals surface area contributed by atoms with E-state index >= 15 is 0 Å². The van der Waals surface area contributed by atoms with Crippen LogP contribution in [0.25, 0.3) is 0 Å². The molecule has 1 rings (SSSR count). The number of carbonyl (C=O) groups is 1. The number of nitrogens with zero attached hydrogens (tertiary/aromatic N) is 1. The van der Waals surface area contributed by atoms with Crippen LogP contribution in [-0.4, -0.2) is 16.2 Å². The van der Waals surface area contributed by atoms with Crippen LogP contribution in [-0.2, 0) is 11.2 Å². The van der Waals surface area contributed by atoms with Crippen LogP contribution in [0.3, 0.4) is 0 Å². The molecule has 0 radical (unpaired) electrons. The normalized spacial score (nSPS) is 9.33. The summed E-state index contributed by atoms with van der Waals surface area (Å²) in [5.74, 6) is -0.295. The average molecular weight is 185 g/mol. The molecule has 64 valence electrons. The topological polar surface area (TPSA) is 81.1 Å². The zero-order valence-corrected chi connectivity index (χ0v) is 6.93. The van der Waals surface area contributed by atoms with E-state index in [1.54, 1.807) is 6.07 Å². The molecule has 0 bridgehead atoms. The highest BCUT2D eigenvalue weighted by atomic mass is 32.1. The lowest BCUT2D eigenvalue weighted by molar-refractivity contribution is -0.119. The van der Waals surface area contributed by atoms with Gasteiger partial charge in [0.1, 0.15) is 6.26 Å². The predicted octanol–water partition coefficient (Wildman–Crippen LogP) is -0.423. The van der Waals surface area contributed by atoms with Gasteiger partial charge in [-0.05, 0) is 12.2 Å². The molecule has 0 unspecified atom stereocenters. The molecule has 12 heavy (non-hydrogen) atoms. The van der Waals surface area contributed by atoms with Gasteiger partial charge in [-0.15, -0.1) is 0 Å². The van der Waals surface area contributed by atoms with Crippen molar-refractivity contribution in [1.29, 1.82) is 0 Å². The minimum absolute atomic E-state index is 0.0384. The van der Waals surface area contributed by atoms with Crippen molar-refractivity contribution >= 4 is 23.2 Å². The summed E-state index contributed by atoms with van der Waals surface area (Å²) in [4.78, 5) is 11.0. The number of aromatic nitrogens is 1. The van der Waals surface area contributed by atoms with Crippen LogP contribution >= 0.6 is 12.2 Å². The molecule has 0 aliphatic carbocycles. The summed E-state index contributed by atoms with van der Waals surface area (Å²) in [6, 6.07) is 1.60. The van der Waals surface area contributed by atoms with Gasteiger partial charge < -0.3 is 15.6 Å². The largest absolute Gasteiger partial charge is 0.376 e. The molecule has 3 N–H and O–H groups in total. The number of carbonyl (C=O) groups excluding carboxylic acids is 1. The Morgan fingerprint density at radius 2 is 2.58 bits per heavy atom. The van der Waals surface area contributed by atoms with E-state index in [0.717, 1.165) is 0 Å². The Hall–Kier alpha value is -1.43. The number of rotatable bonds is 2. The maximum Gasteiger partial charge on any atom is 0.232 e. The molecule has 0 aromatic carbocycles. The number of thiocarbonyl (C=S) groups is 1. The van der Waals surface area contributed by atoms with E-state index < -0.39 is 0 Å². The molecule has 0 spiro atoms. The molecule has 0 aliphatic heterocycles. The van der Waals surface area contributed by atoms with Crippen LogP contribution in [0.1, 0.15) is 5.69 Å². The summed E-state index contributed by atoms with van der Waals surface area (Å²) < 4.78 is 4.53. The Bertz CT molecular complexity index is 283. The van der Waals surface area contributed by atoms with Crippen molar-refractivity contribution in [2.75, 3.05) is 0 Å². The first kappa shape index (κ1) is 8.66. The Kier molecular flexibility index (Phi) is 2.76. The Labute approximate surface area is 73.9 Å². The average Bonchev–Trinajstić information content (AvgIpc) is 2.37. The van der Waals surface area contributed by atoms with Crippen LogP contribution in [0.5, 0.6) is 0 Å². The third kappa shape index (κ3) is 2.67. The van der Waals surface area contributed by atoms with E-state index in [0.29, 0.717) is 5.69 Å². The van der Waals surface area contributed by atoms with E-state index in [4.69, 9.17) is 5.73 Å². The highest BCUT2D eigenvalue weighted by Gasteiger charge is 2.05. The van der Waals surface area contributed by atoms with Gasteiger partial charge in [-0.1, -0.05) is 5.16 Å². The second kappa shape index (κ2) is 3.82. The van der Waals surface area contributed by atoms with Gasteiger partial charge in [0.15, 0.2) is 5.11 Å². The lowest BCUT2D eigenvalue weighted by Gasteiger charge is -1.98. The van der Waals surface area contributed by atoms with Crippen molar-refractivity contribution in [1.82, 2.24) is 10.5 Å². The summed E-state index contributed by atoms with van der Waals surface area (Å²) in [5, 5.41) is 5.77. The smallest absolute Gasteiger partial charge is 0.232 e. The van der Waals surface area contributed by atoms with Crippen LogP contribution < -0.4 is 11.1 Å². The zero-order chi connectivity index (χ0) is 8.97. The van der Waals surface area contributed by atoms with Gasteiger partial charge in [0.2, 0.25) is 5.91 Å². The Morgan fingerprint density at radius 1 is 1.83 bits per heavy atom. The van der Waals surface area contributed by atoms with Crippen LogP contribution in [0.2, 0.25) is 0 Å². The van der Waals surface area contributed by atoms with Gasteiger partial charge in [-0.3, -0.25) is 4.79 Å².